The molecule has 0 aliphatic carbocycles. The lowest BCUT2D eigenvalue weighted by molar-refractivity contribution is 0.0690. The predicted octanol–water partition coefficient (Wildman–Crippen LogP) is 4.89. The van der Waals surface area contributed by atoms with Gasteiger partial charge in [-0.3, -0.25) is 0 Å². The largest absolute Gasteiger partial charge is 0.477 e. The Hall–Kier alpha value is -2.33. The van der Waals surface area contributed by atoms with Gasteiger partial charge in [0.2, 0.25) is 0 Å². The zero-order chi connectivity index (χ0) is 16.6. The van der Waals surface area contributed by atoms with Gasteiger partial charge in [0.05, 0.1) is 0 Å². The van der Waals surface area contributed by atoms with Gasteiger partial charge >= 0.3 is 5.97 Å². The molecule has 4 nitrogen and oxygen atoms in total. The van der Waals surface area contributed by atoms with Crippen molar-refractivity contribution in [3.05, 3.63) is 64.1 Å². The Morgan fingerprint density at radius 3 is 2.78 bits per heavy atom. The molecule has 0 saturated carbocycles. The van der Waals surface area contributed by atoms with Crippen LogP contribution >= 0.6 is 11.6 Å². The first-order valence-corrected chi connectivity index (χ1v) is 7.73. The molecule has 2 aromatic heterocycles. The molecule has 0 aliphatic heterocycles. The van der Waals surface area contributed by atoms with Crippen molar-refractivity contribution in [2.45, 2.75) is 26.2 Å². The highest BCUT2D eigenvalue weighted by Gasteiger charge is 2.14. The highest BCUT2D eigenvalue weighted by molar-refractivity contribution is 6.31. The minimum absolute atomic E-state index is 0.0306. The molecule has 0 atom stereocenters. The maximum atomic E-state index is 11.0. The number of benzene rings is 1. The number of carboxylic acids is 1. The fourth-order valence-corrected chi connectivity index (χ4v) is 2.76. The third kappa shape index (κ3) is 3.22. The summed E-state index contributed by atoms with van der Waals surface area (Å²) >= 11 is 6.20. The fourth-order valence-electron chi connectivity index (χ4n) is 2.51. The van der Waals surface area contributed by atoms with Crippen LogP contribution in [0, 0.1) is 0 Å². The van der Waals surface area contributed by atoms with E-state index in [1.54, 1.807) is 12.1 Å². The van der Waals surface area contributed by atoms with Gasteiger partial charge in [-0.05, 0) is 30.3 Å². The minimum atomic E-state index is -1.04. The molecule has 3 aromatic rings. The van der Waals surface area contributed by atoms with Gasteiger partial charge in [0, 0.05) is 34.0 Å². The molecule has 0 amide bonds. The number of carbonyl (C=O) groups is 1. The number of aromatic nitrogens is 1. The Labute approximate surface area is 138 Å². The lowest BCUT2D eigenvalue weighted by Gasteiger charge is -2.05. The quantitative estimate of drug-likeness (QED) is 0.740. The number of rotatable bonds is 4. The maximum absolute atomic E-state index is 11.0. The normalized spacial score (nSPS) is 11.3. The predicted molar refractivity (Wildman–Crippen MR) is 89.3 cm³/mol. The number of fused-ring (bicyclic) bond motifs is 1. The molecule has 0 bridgehead atoms. The SMILES string of the molecule is CC(C)c1cc2cc(Cl)cc(Cc3cccc(C(=O)O)n3)c2o1. The van der Waals surface area contributed by atoms with Crippen molar-refractivity contribution in [3.63, 3.8) is 0 Å². The van der Waals surface area contributed by atoms with Gasteiger partial charge in [-0.25, -0.2) is 9.78 Å². The van der Waals surface area contributed by atoms with E-state index in [1.807, 2.05) is 18.2 Å². The monoisotopic (exact) mass is 329 g/mol. The van der Waals surface area contributed by atoms with Gasteiger partial charge in [0.1, 0.15) is 17.0 Å². The highest BCUT2D eigenvalue weighted by atomic mass is 35.5. The number of pyridine rings is 1. The molecule has 0 radical (unpaired) electrons. The van der Waals surface area contributed by atoms with Crippen molar-refractivity contribution in [2.75, 3.05) is 0 Å². The number of halogens is 1. The number of furan rings is 1. The first-order chi connectivity index (χ1) is 10.9. The first kappa shape index (κ1) is 15.6. The van der Waals surface area contributed by atoms with Crippen LogP contribution in [0.2, 0.25) is 5.02 Å². The second kappa shape index (κ2) is 6.05. The third-order valence-corrected chi connectivity index (χ3v) is 3.86. The molecular weight excluding hydrogens is 314 g/mol. The number of carboxylic acid groups (broad SMARTS) is 1. The van der Waals surface area contributed by atoms with Crippen molar-refractivity contribution >= 4 is 28.5 Å². The molecule has 0 aliphatic rings. The Morgan fingerprint density at radius 1 is 1.30 bits per heavy atom. The molecule has 1 N–H and O–H groups in total. The van der Waals surface area contributed by atoms with Gasteiger partial charge in [0.15, 0.2) is 0 Å². The number of aromatic carboxylic acids is 1. The summed E-state index contributed by atoms with van der Waals surface area (Å²) in [5.41, 5.74) is 2.37. The first-order valence-electron chi connectivity index (χ1n) is 7.35. The zero-order valence-electron chi connectivity index (χ0n) is 12.8. The van der Waals surface area contributed by atoms with Crippen molar-refractivity contribution < 1.29 is 14.3 Å². The van der Waals surface area contributed by atoms with E-state index in [0.717, 1.165) is 22.3 Å². The van der Waals surface area contributed by atoms with E-state index in [-0.39, 0.29) is 11.6 Å². The number of hydrogen-bond acceptors (Lipinski definition) is 3. The summed E-state index contributed by atoms with van der Waals surface area (Å²) in [4.78, 5) is 15.2. The summed E-state index contributed by atoms with van der Waals surface area (Å²) in [5, 5.41) is 10.6. The van der Waals surface area contributed by atoms with Crippen LogP contribution in [0.4, 0.5) is 0 Å². The van der Waals surface area contributed by atoms with Gasteiger partial charge in [-0.2, -0.15) is 0 Å². The summed E-state index contributed by atoms with van der Waals surface area (Å²) in [6.07, 6.45) is 0.462. The van der Waals surface area contributed by atoms with Gasteiger partial charge in [-0.1, -0.05) is 31.5 Å². The van der Waals surface area contributed by atoms with Gasteiger partial charge in [0.25, 0.3) is 0 Å². The minimum Gasteiger partial charge on any atom is -0.477 e. The van der Waals surface area contributed by atoms with Crippen molar-refractivity contribution in [1.82, 2.24) is 4.98 Å². The molecule has 5 heteroatoms. The molecule has 0 unspecified atom stereocenters. The van der Waals surface area contributed by atoms with Crippen LogP contribution in [0.15, 0.2) is 40.8 Å². The molecule has 0 fully saturated rings. The molecule has 0 saturated heterocycles. The van der Waals surface area contributed by atoms with E-state index in [2.05, 4.69) is 18.8 Å². The maximum Gasteiger partial charge on any atom is 0.354 e. The second-order valence-corrected chi connectivity index (χ2v) is 6.22. The van der Waals surface area contributed by atoms with Gasteiger partial charge in [-0.15, -0.1) is 0 Å². The summed E-state index contributed by atoms with van der Waals surface area (Å²) < 4.78 is 5.96. The van der Waals surface area contributed by atoms with E-state index in [4.69, 9.17) is 21.1 Å². The molecular formula is C18H16ClNO3. The lowest BCUT2D eigenvalue weighted by atomic mass is 10.1. The molecule has 2 heterocycles. The van der Waals surface area contributed by atoms with Crippen molar-refractivity contribution in [2.24, 2.45) is 0 Å². The van der Waals surface area contributed by atoms with E-state index < -0.39 is 5.97 Å². The number of hydrogen-bond donors (Lipinski definition) is 1. The summed E-state index contributed by atoms with van der Waals surface area (Å²) in [5.74, 6) is 0.140. The molecule has 3 rings (SSSR count). The third-order valence-electron chi connectivity index (χ3n) is 3.64. The van der Waals surface area contributed by atoms with Crippen LogP contribution in [0.5, 0.6) is 0 Å². The average molecular weight is 330 g/mol. The summed E-state index contributed by atoms with van der Waals surface area (Å²) in [6, 6.07) is 10.7. The van der Waals surface area contributed by atoms with Crippen LogP contribution in [-0.4, -0.2) is 16.1 Å². The zero-order valence-corrected chi connectivity index (χ0v) is 13.6. The topological polar surface area (TPSA) is 63.3 Å². The van der Waals surface area contributed by atoms with E-state index >= 15 is 0 Å². The van der Waals surface area contributed by atoms with E-state index in [1.165, 1.54) is 6.07 Å². The van der Waals surface area contributed by atoms with Crippen molar-refractivity contribution in [1.29, 1.82) is 0 Å². The highest BCUT2D eigenvalue weighted by Crippen LogP contribution is 2.31. The lowest BCUT2D eigenvalue weighted by Crippen LogP contribution is -2.03. The smallest absolute Gasteiger partial charge is 0.354 e. The van der Waals surface area contributed by atoms with Crippen LogP contribution in [0.3, 0.4) is 0 Å². The van der Waals surface area contributed by atoms with E-state index in [9.17, 15) is 4.79 Å². The molecule has 23 heavy (non-hydrogen) atoms. The Bertz CT molecular complexity index is 883. The van der Waals surface area contributed by atoms with Crippen LogP contribution < -0.4 is 0 Å². The van der Waals surface area contributed by atoms with Crippen molar-refractivity contribution in [3.8, 4) is 0 Å². The summed E-state index contributed by atoms with van der Waals surface area (Å²) in [6.45, 7) is 4.13. The van der Waals surface area contributed by atoms with Crippen LogP contribution in [0.1, 0.15) is 47.3 Å². The fraction of sp³-hybridized carbons (Fsp3) is 0.222. The Kier molecular flexibility index (Phi) is 4.09. The standard InChI is InChI=1S/C18H16ClNO3/c1-10(2)16-9-12-7-13(19)6-11(17(12)23-16)8-14-4-3-5-15(20-14)18(21)22/h3-7,9-10H,8H2,1-2H3,(H,21,22). The Balaban J connectivity index is 2.05. The second-order valence-electron chi connectivity index (χ2n) is 5.78. The molecule has 118 valence electrons. The molecule has 1 aromatic carbocycles. The Morgan fingerprint density at radius 2 is 2.09 bits per heavy atom. The summed E-state index contributed by atoms with van der Waals surface area (Å²) in [7, 11) is 0. The van der Waals surface area contributed by atoms with E-state index in [0.29, 0.717) is 17.1 Å². The van der Waals surface area contributed by atoms with Crippen LogP contribution in [0.25, 0.3) is 11.0 Å². The van der Waals surface area contributed by atoms with Crippen LogP contribution in [-0.2, 0) is 6.42 Å². The number of nitrogens with zero attached hydrogens (tertiary/aromatic N) is 1. The van der Waals surface area contributed by atoms with Gasteiger partial charge < -0.3 is 9.52 Å². The molecule has 0 spiro atoms. The average Bonchev–Trinajstić information content (AvgIpc) is 2.91.